The van der Waals surface area contributed by atoms with Gasteiger partial charge in [0.15, 0.2) is 0 Å². The van der Waals surface area contributed by atoms with Crippen LogP contribution in [0.25, 0.3) is 0 Å². The van der Waals surface area contributed by atoms with E-state index in [2.05, 4.69) is 12.1 Å². The summed E-state index contributed by atoms with van der Waals surface area (Å²) >= 11 is 17.9. The van der Waals surface area contributed by atoms with Crippen molar-refractivity contribution in [2.24, 2.45) is 0 Å². The maximum absolute atomic E-state index is 9.59. The quantitative estimate of drug-likeness (QED) is 0.684. The predicted molar refractivity (Wildman–Crippen MR) is 89.2 cm³/mol. The van der Waals surface area contributed by atoms with Crippen LogP contribution in [-0.4, -0.2) is 0 Å². The summed E-state index contributed by atoms with van der Waals surface area (Å²) in [6, 6.07) is 16.7. The van der Waals surface area contributed by atoms with Gasteiger partial charge in [-0.1, -0.05) is 53.0 Å². The number of nitriles is 2. The number of benzene rings is 2. The third kappa shape index (κ3) is 3.73. The molecule has 0 fully saturated rings. The Hall–Kier alpha value is -1.71. The standard InChI is InChI=1S/C17H11Cl3N2/c18-13-4-1-11(2-5-13)14(7-8-21)15(10-22)12-3-6-16(19)17(20)9-12/h1-6,9,14-15H,7H2/t14-,15+/m0/s1. The lowest BCUT2D eigenvalue weighted by Gasteiger charge is -2.21. The molecule has 0 saturated heterocycles. The highest BCUT2D eigenvalue weighted by Crippen LogP contribution is 2.37. The summed E-state index contributed by atoms with van der Waals surface area (Å²) in [5.74, 6) is -0.750. The minimum Gasteiger partial charge on any atom is -0.198 e. The topological polar surface area (TPSA) is 47.6 Å². The minimum absolute atomic E-state index is 0.222. The predicted octanol–water partition coefficient (Wildman–Crippen LogP) is 5.95. The molecule has 2 rings (SSSR count). The van der Waals surface area contributed by atoms with E-state index in [0.717, 1.165) is 11.1 Å². The van der Waals surface area contributed by atoms with Crippen molar-refractivity contribution in [2.45, 2.75) is 18.3 Å². The SMILES string of the molecule is N#CC[C@@H](c1ccc(Cl)cc1)[C@H](C#N)c1ccc(Cl)c(Cl)c1. The van der Waals surface area contributed by atoms with Gasteiger partial charge in [0, 0.05) is 17.4 Å². The van der Waals surface area contributed by atoms with Gasteiger partial charge in [-0.25, -0.2) is 0 Å². The van der Waals surface area contributed by atoms with Gasteiger partial charge in [-0.3, -0.25) is 0 Å². The summed E-state index contributed by atoms with van der Waals surface area (Å²) in [5.41, 5.74) is 1.63. The second-order valence-electron chi connectivity index (χ2n) is 4.80. The molecular formula is C17H11Cl3N2. The molecule has 0 aliphatic heterocycles. The van der Waals surface area contributed by atoms with Crippen LogP contribution in [-0.2, 0) is 0 Å². The summed E-state index contributed by atoms with van der Waals surface area (Å²) in [5, 5.41) is 20.1. The second-order valence-corrected chi connectivity index (χ2v) is 6.05. The molecule has 22 heavy (non-hydrogen) atoms. The molecule has 2 nitrogen and oxygen atoms in total. The van der Waals surface area contributed by atoms with E-state index in [9.17, 15) is 5.26 Å². The third-order valence-electron chi connectivity index (χ3n) is 3.45. The molecule has 0 aliphatic rings. The molecule has 0 spiro atoms. The molecule has 0 radical (unpaired) electrons. The van der Waals surface area contributed by atoms with Gasteiger partial charge in [0.25, 0.3) is 0 Å². The Labute approximate surface area is 144 Å². The van der Waals surface area contributed by atoms with E-state index in [1.165, 1.54) is 0 Å². The summed E-state index contributed by atoms with van der Waals surface area (Å²) in [4.78, 5) is 0. The average Bonchev–Trinajstić information content (AvgIpc) is 2.51. The Kier molecular flexibility index (Phi) is 5.69. The van der Waals surface area contributed by atoms with Crippen LogP contribution in [0.3, 0.4) is 0 Å². The molecule has 0 unspecified atom stereocenters. The van der Waals surface area contributed by atoms with Crippen molar-refractivity contribution in [1.82, 2.24) is 0 Å². The Bertz CT molecular complexity index is 742. The van der Waals surface area contributed by atoms with Gasteiger partial charge in [-0.15, -0.1) is 0 Å². The normalized spacial score (nSPS) is 13.0. The number of nitrogens with zero attached hydrogens (tertiary/aromatic N) is 2. The molecule has 0 N–H and O–H groups in total. The average molecular weight is 350 g/mol. The molecule has 0 bridgehead atoms. The molecular weight excluding hydrogens is 339 g/mol. The van der Waals surface area contributed by atoms with Gasteiger partial charge < -0.3 is 0 Å². The fraction of sp³-hybridized carbons (Fsp3) is 0.176. The van der Waals surface area contributed by atoms with Crippen molar-refractivity contribution >= 4 is 34.8 Å². The highest BCUT2D eigenvalue weighted by atomic mass is 35.5. The molecule has 110 valence electrons. The van der Waals surface area contributed by atoms with Crippen LogP contribution in [0.1, 0.15) is 29.4 Å². The van der Waals surface area contributed by atoms with Gasteiger partial charge in [-0.05, 0) is 35.4 Å². The Morgan fingerprint density at radius 3 is 2.05 bits per heavy atom. The van der Waals surface area contributed by atoms with E-state index < -0.39 is 5.92 Å². The van der Waals surface area contributed by atoms with E-state index in [4.69, 9.17) is 40.1 Å². The van der Waals surface area contributed by atoms with Crippen molar-refractivity contribution < 1.29 is 0 Å². The largest absolute Gasteiger partial charge is 0.198 e. The van der Waals surface area contributed by atoms with Crippen LogP contribution >= 0.6 is 34.8 Å². The van der Waals surface area contributed by atoms with Crippen molar-refractivity contribution in [2.75, 3.05) is 0 Å². The fourth-order valence-corrected chi connectivity index (χ4v) is 2.77. The van der Waals surface area contributed by atoms with E-state index >= 15 is 0 Å². The van der Waals surface area contributed by atoms with Crippen LogP contribution in [0.5, 0.6) is 0 Å². The first-order valence-electron chi connectivity index (χ1n) is 6.53. The second kappa shape index (κ2) is 7.52. The molecule has 5 heteroatoms. The van der Waals surface area contributed by atoms with Crippen LogP contribution in [0.2, 0.25) is 15.1 Å². The van der Waals surface area contributed by atoms with Crippen molar-refractivity contribution in [3.05, 3.63) is 68.7 Å². The van der Waals surface area contributed by atoms with Gasteiger partial charge in [0.2, 0.25) is 0 Å². The molecule has 2 aromatic carbocycles. The molecule has 2 atom stereocenters. The van der Waals surface area contributed by atoms with Crippen molar-refractivity contribution in [3.8, 4) is 12.1 Å². The van der Waals surface area contributed by atoms with Gasteiger partial charge in [0.05, 0.1) is 28.1 Å². The Morgan fingerprint density at radius 1 is 0.864 bits per heavy atom. The summed E-state index contributed by atoms with van der Waals surface area (Å²) < 4.78 is 0. The fourth-order valence-electron chi connectivity index (χ4n) is 2.34. The van der Waals surface area contributed by atoms with E-state index in [1.807, 2.05) is 12.1 Å². The molecule has 0 saturated carbocycles. The van der Waals surface area contributed by atoms with Crippen LogP contribution in [0.4, 0.5) is 0 Å². The smallest absolute Gasteiger partial charge is 0.0791 e. The van der Waals surface area contributed by atoms with Gasteiger partial charge >= 0.3 is 0 Å². The molecule has 0 heterocycles. The zero-order valence-corrected chi connectivity index (χ0v) is 13.7. The number of halogens is 3. The van der Waals surface area contributed by atoms with Gasteiger partial charge in [0.1, 0.15) is 0 Å². The summed E-state index contributed by atoms with van der Waals surface area (Å²) in [6.07, 6.45) is 0.222. The monoisotopic (exact) mass is 348 g/mol. The number of hydrogen-bond acceptors (Lipinski definition) is 2. The Balaban J connectivity index is 2.44. The van der Waals surface area contributed by atoms with E-state index in [0.29, 0.717) is 15.1 Å². The lowest BCUT2D eigenvalue weighted by molar-refractivity contribution is 0.641. The first kappa shape index (κ1) is 16.7. The molecule has 2 aromatic rings. The highest BCUT2D eigenvalue weighted by molar-refractivity contribution is 6.42. The summed E-state index contributed by atoms with van der Waals surface area (Å²) in [6.45, 7) is 0. The van der Waals surface area contributed by atoms with Crippen LogP contribution < -0.4 is 0 Å². The van der Waals surface area contributed by atoms with Gasteiger partial charge in [-0.2, -0.15) is 10.5 Å². The zero-order valence-electron chi connectivity index (χ0n) is 11.4. The lowest BCUT2D eigenvalue weighted by Crippen LogP contribution is -2.10. The number of rotatable bonds is 4. The molecule has 0 aliphatic carbocycles. The zero-order chi connectivity index (χ0) is 16.1. The molecule has 0 aromatic heterocycles. The maximum Gasteiger partial charge on any atom is 0.0791 e. The highest BCUT2D eigenvalue weighted by Gasteiger charge is 2.25. The van der Waals surface area contributed by atoms with E-state index in [1.54, 1.807) is 30.3 Å². The minimum atomic E-state index is -0.490. The van der Waals surface area contributed by atoms with E-state index in [-0.39, 0.29) is 12.3 Å². The first-order chi connectivity index (χ1) is 10.6. The van der Waals surface area contributed by atoms with Crippen LogP contribution in [0.15, 0.2) is 42.5 Å². The lowest BCUT2D eigenvalue weighted by atomic mass is 9.80. The van der Waals surface area contributed by atoms with Crippen LogP contribution in [0, 0.1) is 22.7 Å². The third-order valence-corrected chi connectivity index (χ3v) is 4.44. The summed E-state index contributed by atoms with van der Waals surface area (Å²) in [7, 11) is 0. The van der Waals surface area contributed by atoms with Crippen molar-refractivity contribution in [1.29, 1.82) is 10.5 Å². The maximum atomic E-state index is 9.59. The Morgan fingerprint density at radius 2 is 1.50 bits per heavy atom. The first-order valence-corrected chi connectivity index (χ1v) is 7.67. The molecule has 0 amide bonds. The van der Waals surface area contributed by atoms with Crippen molar-refractivity contribution in [3.63, 3.8) is 0 Å². The number of hydrogen-bond donors (Lipinski definition) is 0.